The van der Waals surface area contributed by atoms with Crippen molar-refractivity contribution < 1.29 is 0 Å². The Balaban J connectivity index is 2.53. The zero-order valence-electron chi connectivity index (χ0n) is 8.89. The number of allylic oxidation sites excluding steroid dienone is 2. The van der Waals surface area contributed by atoms with Crippen LogP contribution >= 0.6 is 11.6 Å². The van der Waals surface area contributed by atoms with E-state index in [-0.39, 0.29) is 5.41 Å². The summed E-state index contributed by atoms with van der Waals surface area (Å²) in [6, 6.07) is 6.18. The summed E-state index contributed by atoms with van der Waals surface area (Å²) in [5, 5.41) is 0.901. The number of hydrogen-bond donors (Lipinski definition) is 0. The maximum absolute atomic E-state index is 6.15. The standard InChI is InChI=1S/C13H15Cl/c1-13(2,3)11-8-7-10-9(11)5-4-6-12(10)14/h4-6,8H,7H2,1-3H3. The Morgan fingerprint density at radius 1 is 1.21 bits per heavy atom. The molecule has 1 heteroatoms. The van der Waals surface area contributed by atoms with Gasteiger partial charge in [0.05, 0.1) is 0 Å². The number of benzene rings is 1. The SMILES string of the molecule is CC(C)(C)C1=CCc2c(Cl)cccc21. The molecule has 0 nitrogen and oxygen atoms in total. The first kappa shape index (κ1) is 9.79. The van der Waals surface area contributed by atoms with Gasteiger partial charge >= 0.3 is 0 Å². The van der Waals surface area contributed by atoms with E-state index in [4.69, 9.17) is 11.6 Å². The van der Waals surface area contributed by atoms with Crippen LogP contribution in [0.3, 0.4) is 0 Å². The Hall–Kier alpha value is -0.750. The molecule has 0 bridgehead atoms. The molecule has 0 radical (unpaired) electrons. The fraction of sp³-hybridized carbons (Fsp3) is 0.385. The molecule has 0 aliphatic heterocycles. The fourth-order valence-electron chi connectivity index (χ4n) is 2.04. The van der Waals surface area contributed by atoms with Crippen LogP contribution in [0.5, 0.6) is 0 Å². The van der Waals surface area contributed by atoms with Crippen molar-refractivity contribution in [1.82, 2.24) is 0 Å². The van der Waals surface area contributed by atoms with Gasteiger partial charge in [-0.2, -0.15) is 0 Å². The molecule has 1 aliphatic carbocycles. The average Bonchev–Trinajstić information content (AvgIpc) is 2.47. The molecule has 0 saturated heterocycles. The molecule has 0 atom stereocenters. The van der Waals surface area contributed by atoms with Gasteiger partial charge in [-0.1, -0.05) is 50.6 Å². The first-order valence-corrected chi connectivity index (χ1v) is 5.36. The summed E-state index contributed by atoms with van der Waals surface area (Å²) in [5.74, 6) is 0. The van der Waals surface area contributed by atoms with E-state index in [1.165, 1.54) is 16.7 Å². The van der Waals surface area contributed by atoms with Crippen molar-refractivity contribution in [3.05, 3.63) is 40.4 Å². The third kappa shape index (κ3) is 1.48. The Labute approximate surface area is 90.6 Å². The molecular weight excluding hydrogens is 192 g/mol. The molecule has 1 aromatic carbocycles. The van der Waals surface area contributed by atoms with Crippen LogP contribution in [0, 0.1) is 5.41 Å². The smallest absolute Gasteiger partial charge is 0.0447 e. The number of halogens is 1. The van der Waals surface area contributed by atoms with Gasteiger partial charge in [0.15, 0.2) is 0 Å². The Kier molecular flexibility index (Phi) is 2.19. The molecule has 0 amide bonds. The molecule has 0 heterocycles. The van der Waals surface area contributed by atoms with Crippen LogP contribution in [0.4, 0.5) is 0 Å². The van der Waals surface area contributed by atoms with Crippen LogP contribution in [0.1, 0.15) is 31.9 Å². The van der Waals surface area contributed by atoms with Gasteiger partial charge in [-0.05, 0) is 34.6 Å². The van der Waals surface area contributed by atoms with Crippen LogP contribution in [0.2, 0.25) is 5.02 Å². The van der Waals surface area contributed by atoms with E-state index in [1.807, 2.05) is 12.1 Å². The largest absolute Gasteiger partial charge is 0.0840 e. The summed E-state index contributed by atoms with van der Waals surface area (Å²) in [6.07, 6.45) is 3.29. The summed E-state index contributed by atoms with van der Waals surface area (Å²) in [4.78, 5) is 0. The highest BCUT2D eigenvalue weighted by atomic mass is 35.5. The van der Waals surface area contributed by atoms with Crippen molar-refractivity contribution in [2.24, 2.45) is 5.41 Å². The second-order valence-corrected chi connectivity index (χ2v) is 5.25. The molecule has 0 fully saturated rings. The Morgan fingerprint density at radius 2 is 1.93 bits per heavy atom. The number of hydrogen-bond acceptors (Lipinski definition) is 0. The summed E-state index contributed by atoms with van der Waals surface area (Å²) in [5.41, 5.74) is 4.27. The van der Waals surface area contributed by atoms with Crippen molar-refractivity contribution in [2.75, 3.05) is 0 Å². The first-order valence-electron chi connectivity index (χ1n) is 4.98. The second-order valence-electron chi connectivity index (χ2n) is 4.84. The third-order valence-electron chi connectivity index (χ3n) is 2.73. The van der Waals surface area contributed by atoms with Gasteiger partial charge in [0.2, 0.25) is 0 Å². The molecule has 0 spiro atoms. The van der Waals surface area contributed by atoms with Crippen LogP contribution in [-0.4, -0.2) is 0 Å². The van der Waals surface area contributed by atoms with Crippen molar-refractivity contribution in [3.63, 3.8) is 0 Å². The van der Waals surface area contributed by atoms with E-state index in [9.17, 15) is 0 Å². The van der Waals surface area contributed by atoms with Gasteiger partial charge in [-0.25, -0.2) is 0 Å². The topological polar surface area (TPSA) is 0 Å². The lowest BCUT2D eigenvalue weighted by Gasteiger charge is -2.21. The van der Waals surface area contributed by atoms with Gasteiger partial charge in [0.25, 0.3) is 0 Å². The fourth-order valence-corrected chi connectivity index (χ4v) is 2.29. The maximum Gasteiger partial charge on any atom is 0.0447 e. The molecule has 1 aliphatic rings. The quantitative estimate of drug-likeness (QED) is 0.593. The highest BCUT2D eigenvalue weighted by molar-refractivity contribution is 6.31. The average molecular weight is 207 g/mol. The maximum atomic E-state index is 6.15. The predicted molar refractivity (Wildman–Crippen MR) is 62.6 cm³/mol. The molecule has 0 N–H and O–H groups in total. The normalized spacial score (nSPS) is 15.3. The lowest BCUT2D eigenvalue weighted by atomic mass is 9.83. The molecule has 74 valence electrons. The molecule has 2 rings (SSSR count). The van der Waals surface area contributed by atoms with Gasteiger partial charge in [-0.15, -0.1) is 0 Å². The van der Waals surface area contributed by atoms with Gasteiger partial charge < -0.3 is 0 Å². The van der Waals surface area contributed by atoms with Crippen molar-refractivity contribution >= 4 is 17.2 Å². The van der Waals surface area contributed by atoms with Crippen LogP contribution in [-0.2, 0) is 6.42 Å². The van der Waals surface area contributed by atoms with E-state index >= 15 is 0 Å². The third-order valence-corrected chi connectivity index (χ3v) is 3.08. The van der Waals surface area contributed by atoms with Gasteiger partial charge in [0.1, 0.15) is 0 Å². The summed E-state index contributed by atoms with van der Waals surface area (Å²) >= 11 is 6.15. The lowest BCUT2D eigenvalue weighted by Crippen LogP contribution is -2.06. The van der Waals surface area contributed by atoms with E-state index in [1.54, 1.807) is 0 Å². The van der Waals surface area contributed by atoms with Crippen molar-refractivity contribution in [1.29, 1.82) is 0 Å². The number of rotatable bonds is 0. The van der Waals surface area contributed by atoms with E-state index in [0.717, 1.165) is 11.4 Å². The van der Waals surface area contributed by atoms with E-state index < -0.39 is 0 Å². The van der Waals surface area contributed by atoms with Crippen molar-refractivity contribution in [3.8, 4) is 0 Å². The van der Waals surface area contributed by atoms with E-state index in [0.29, 0.717) is 0 Å². The van der Waals surface area contributed by atoms with Crippen LogP contribution in [0.25, 0.3) is 5.57 Å². The zero-order chi connectivity index (χ0) is 10.3. The molecular formula is C13H15Cl. The highest BCUT2D eigenvalue weighted by Crippen LogP contribution is 2.41. The number of fused-ring (bicyclic) bond motifs is 1. The van der Waals surface area contributed by atoms with Gasteiger partial charge in [-0.3, -0.25) is 0 Å². The Morgan fingerprint density at radius 3 is 2.57 bits per heavy atom. The zero-order valence-corrected chi connectivity index (χ0v) is 9.65. The monoisotopic (exact) mass is 206 g/mol. The molecule has 0 aromatic heterocycles. The molecule has 14 heavy (non-hydrogen) atoms. The summed E-state index contributed by atoms with van der Waals surface area (Å²) in [6.45, 7) is 6.73. The van der Waals surface area contributed by atoms with E-state index in [2.05, 4.69) is 32.9 Å². The lowest BCUT2D eigenvalue weighted by molar-refractivity contribution is 0.567. The molecule has 1 aromatic rings. The first-order chi connectivity index (χ1) is 6.50. The molecule has 0 saturated carbocycles. The highest BCUT2D eigenvalue weighted by Gasteiger charge is 2.25. The second kappa shape index (κ2) is 3.13. The van der Waals surface area contributed by atoms with Crippen molar-refractivity contribution in [2.45, 2.75) is 27.2 Å². The summed E-state index contributed by atoms with van der Waals surface area (Å²) in [7, 11) is 0. The van der Waals surface area contributed by atoms with Gasteiger partial charge in [0, 0.05) is 5.02 Å². The van der Waals surface area contributed by atoms with Crippen LogP contribution < -0.4 is 0 Å². The minimum absolute atomic E-state index is 0.218. The predicted octanol–water partition coefficient (Wildman–Crippen LogP) is 4.33. The Bertz CT molecular complexity index is 394. The van der Waals surface area contributed by atoms with Crippen LogP contribution in [0.15, 0.2) is 24.3 Å². The molecule has 0 unspecified atom stereocenters. The minimum atomic E-state index is 0.218. The summed E-state index contributed by atoms with van der Waals surface area (Å²) < 4.78 is 0. The minimum Gasteiger partial charge on any atom is -0.0840 e.